The van der Waals surface area contributed by atoms with Crippen LogP contribution in [0.25, 0.3) is 21.0 Å². The van der Waals surface area contributed by atoms with Gasteiger partial charge in [0, 0.05) is 6.54 Å². The largest absolute Gasteiger partial charge is 0.448 e. The van der Waals surface area contributed by atoms with Gasteiger partial charge in [-0.15, -0.1) is 36.2 Å². The van der Waals surface area contributed by atoms with Crippen LogP contribution < -0.4 is 11.1 Å². The van der Waals surface area contributed by atoms with Gasteiger partial charge in [-0.05, 0) is 37.1 Å². The van der Waals surface area contributed by atoms with Crippen molar-refractivity contribution in [3.8, 4) is 10.8 Å². The van der Waals surface area contributed by atoms with Gasteiger partial charge in [0.15, 0.2) is 16.5 Å². The number of rotatable bonds is 4. The molecule has 1 fully saturated rings. The number of aromatic nitrogens is 1. The van der Waals surface area contributed by atoms with Crippen LogP contribution in [0.5, 0.6) is 0 Å². The number of carbonyl (C=O) groups is 1. The zero-order valence-corrected chi connectivity index (χ0v) is 16.5. The molecule has 1 saturated carbocycles. The second-order valence-electron chi connectivity index (χ2n) is 6.30. The van der Waals surface area contributed by atoms with Crippen LogP contribution in [0.2, 0.25) is 0 Å². The number of hydrogen-bond acceptors (Lipinski definition) is 5. The number of nitrogens with zero attached hydrogens (tertiary/aromatic N) is 1. The van der Waals surface area contributed by atoms with Gasteiger partial charge in [-0.2, -0.15) is 0 Å². The van der Waals surface area contributed by atoms with E-state index in [1.807, 2.05) is 24.3 Å². The summed E-state index contributed by atoms with van der Waals surface area (Å²) >= 11 is 1.56. The molecule has 0 spiro atoms. The second kappa shape index (κ2) is 8.39. The van der Waals surface area contributed by atoms with Crippen molar-refractivity contribution in [2.24, 2.45) is 5.73 Å². The molecule has 0 atom stereocenters. The highest BCUT2D eigenvalue weighted by atomic mass is 35.5. The molecule has 4 rings (SSSR count). The number of benzene rings is 1. The van der Waals surface area contributed by atoms with E-state index in [1.165, 1.54) is 0 Å². The third-order valence-electron chi connectivity index (χ3n) is 4.66. The van der Waals surface area contributed by atoms with Crippen molar-refractivity contribution in [2.45, 2.75) is 31.2 Å². The molecule has 26 heavy (non-hydrogen) atoms. The standard InChI is InChI=1S/C18H19N3O2S.2ClH/c19-11-18(9-3-4-10-18)21-16(22)13-7-8-14(23-13)17-20-12-5-1-2-6-15(12)24-17;;/h1-2,5-8H,3-4,9-11,19H2,(H,21,22);2*1H. The number of halogens is 2. The zero-order chi connectivity index (χ0) is 16.6. The molecule has 1 amide bonds. The molecular weight excluding hydrogens is 393 g/mol. The topological polar surface area (TPSA) is 81.1 Å². The lowest BCUT2D eigenvalue weighted by Gasteiger charge is -2.28. The Morgan fingerprint density at radius 1 is 1.19 bits per heavy atom. The van der Waals surface area contributed by atoms with Crippen molar-refractivity contribution in [3.63, 3.8) is 0 Å². The van der Waals surface area contributed by atoms with Crippen LogP contribution in [0.1, 0.15) is 36.2 Å². The van der Waals surface area contributed by atoms with Gasteiger partial charge in [0.1, 0.15) is 0 Å². The van der Waals surface area contributed by atoms with Crippen LogP contribution in [0.4, 0.5) is 0 Å². The van der Waals surface area contributed by atoms with Crippen molar-refractivity contribution < 1.29 is 9.21 Å². The molecule has 1 aliphatic rings. The number of thiazole rings is 1. The lowest BCUT2D eigenvalue weighted by molar-refractivity contribution is 0.0875. The van der Waals surface area contributed by atoms with Crippen molar-refractivity contribution in [1.29, 1.82) is 0 Å². The highest BCUT2D eigenvalue weighted by Crippen LogP contribution is 2.32. The Morgan fingerprint density at radius 3 is 2.62 bits per heavy atom. The minimum absolute atomic E-state index is 0. The second-order valence-corrected chi connectivity index (χ2v) is 7.33. The number of fused-ring (bicyclic) bond motifs is 1. The fourth-order valence-electron chi connectivity index (χ4n) is 3.29. The zero-order valence-electron chi connectivity index (χ0n) is 14.1. The first kappa shape index (κ1) is 20.7. The number of furan rings is 1. The molecule has 0 aliphatic heterocycles. The average Bonchev–Trinajstić information content (AvgIpc) is 3.33. The van der Waals surface area contributed by atoms with Gasteiger partial charge in [0.2, 0.25) is 0 Å². The van der Waals surface area contributed by atoms with Crippen LogP contribution in [0, 0.1) is 0 Å². The summed E-state index contributed by atoms with van der Waals surface area (Å²) in [6.07, 6.45) is 4.07. The van der Waals surface area contributed by atoms with E-state index in [-0.39, 0.29) is 36.3 Å². The van der Waals surface area contributed by atoms with Gasteiger partial charge in [-0.3, -0.25) is 4.79 Å². The number of para-hydroxylation sites is 1. The molecule has 3 aromatic rings. The van der Waals surface area contributed by atoms with Gasteiger partial charge in [0.25, 0.3) is 5.91 Å². The molecule has 3 N–H and O–H groups in total. The summed E-state index contributed by atoms with van der Waals surface area (Å²) in [7, 11) is 0. The highest BCUT2D eigenvalue weighted by molar-refractivity contribution is 7.21. The summed E-state index contributed by atoms with van der Waals surface area (Å²) in [6, 6.07) is 11.4. The molecule has 2 aromatic heterocycles. The first-order valence-electron chi connectivity index (χ1n) is 8.17. The van der Waals surface area contributed by atoms with E-state index in [0.717, 1.165) is 40.9 Å². The molecule has 5 nitrogen and oxygen atoms in total. The van der Waals surface area contributed by atoms with E-state index < -0.39 is 0 Å². The third-order valence-corrected chi connectivity index (χ3v) is 5.72. The first-order valence-corrected chi connectivity index (χ1v) is 8.99. The first-order chi connectivity index (χ1) is 11.7. The van der Waals surface area contributed by atoms with Crippen LogP contribution in [-0.4, -0.2) is 23.0 Å². The van der Waals surface area contributed by atoms with Crippen molar-refractivity contribution in [2.75, 3.05) is 6.54 Å². The fraction of sp³-hybridized carbons (Fsp3) is 0.333. The summed E-state index contributed by atoms with van der Waals surface area (Å²) < 4.78 is 6.86. The van der Waals surface area contributed by atoms with Gasteiger partial charge in [-0.1, -0.05) is 25.0 Å². The van der Waals surface area contributed by atoms with Gasteiger partial charge in [-0.25, -0.2) is 4.98 Å². The van der Waals surface area contributed by atoms with E-state index in [9.17, 15) is 4.79 Å². The maximum atomic E-state index is 12.5. The average molecular weight is 414 g/mol. The summed E-state index contributed by atoms with van der Waals surface area (Å²) in [4.78, 5) is 17.1. The van der Waals surface area contributed by atoms with Crippen LogP contribution in [0.3, 0.4) is 0 Å². The molecular formula is C18H21Cl2N3O2S. The number of nitrogens with one attached hydrogen (secondary N) is 1. The molecule has 8 heteroatoms. The predicted molar refractivity (Wildman–Crippen MR) is 110 cm³/mol. The smallest absolute Gasteiger partial charge is 0.287 e. The molecule has 140 valence electrons. The van der Waals surface area contributed by atoms with Gasteiger partial charge >= 0.3 is 0 Å². The van der Waals surface area contributed by atoms with Crippen LogP contribution >= 0.6 is 36.2 Å². The van der Waals surface area contributed by atoms with Crippen molar-refractivity contribution in [3.05, 3.63) is 42.2 Å². The minimum atomic E-state index is -0.278. The summed E-state index contributed by atoms with van der Waals surface area (Å²) in [5.41, 5.74) is 6.54. The van der Waals surface area contributed by atoms with E-state index >= 15 is 0 Å². The molecule has 0 bridgehead atoms. The third kappa shape index (κ3) is 3.88. The van der Waals surface area contributed by atoms with Gasteiger partial charge in [0.05, 0.1) is 15.8 Å². The molecule has 1 aromatic carbocycles. The van der Waals surface area contributed by atoms with Crippen molar-refractivity contribution in [1.82, 2.24) is 10.3 Å². The normalized spacial score (nSPS) is 15.3. The molecule has 0 radical (unpaired) electrons. The predicted octanol–water partition coefficient (Wildman–Crippen LogP) is 4.40. The Balaban J connectivity index is 0.00000121. The number of hydrogen-bond donors (Lipinski definition) is 2. The van der Waals surface area contributed by atoms with Crippen LogP contribution in [0.15, 0.2) is 40.8 Å². The summed E-state index contributed by atoms with van der Waals surface area (Å²) in [6.45, 7) is 0.462. The minimum Gasteiger partial charge on any atom is -0.448 e. The van der Waals surface area contributed by atoms with E-state index in [0.29, 0.717) is 18.1 Å². The van der Waals surface area contributed by atoms with E-state index in [4.69, 9.17) is 10.2 Å². The summed E-state index contributed by atoms with van der Waals surface area (Å²) in [5.74, 6) is 0.730. The Morgan fingerprint density at radius 2 is 1.92 bits per heavy atom. The number of nitrogens with two attached hydrogens (primary N) is 1. The Labute approximate surface area is 168 Å². The number of carbonyl (C=O) groups excluding carboxylic acids is 1. The van der Waals surface area contributed by atoms with Crippen LogP contribution in [-0.2, 0) is 0 Å². The Bertz CT molecular complexity index is 854. The highest BCUT2D eigenvalue weighted by Gasteiger charge is 2.34. The summed E-state index contributed by atoms with van der Waals surface area (Å²) in [5, 5.41) is 3.86. The lowest BCUT2D eigenvalue weighted by atomic mass is 9.98. The maximum absolute atomic E-state index is 12.5. The molecule has 0 unspecified atom stereocenters. The molecule has 0 saturated heterocycles. The lowest BCUT2D eigenvalue weighted by Crippen LogP contribution is -2.51. The molecule has 2 heterocycles. The SMILES string of the molecule is Cl.Cl.NCC1(NC(=O)c2ccc(-c3nc4ccccc4s3)o2)CCCC1. The molecule has 1 aliphatic carbocycles. The van der Waals surface area contributed by atoms with E-state index in [2.05, 4.69) is 10.3 Å². The Hall–Kier alpha value is -1.60. The number of amides is 1. The fourth-order valence-corrected chi connectivity index (χ4v) is 4.21. The van der Waals surface area contributed by atoms with Gasteiger partial charge < -0.3 is 15.5 Å². The monoisotopic (exact) mass is 413 g/mol. The van der Waals surface area contributed by atoms with Crippen molar-refractivity contribution >= 4 is 52.3 Å². The van der Waals surface area contributed by atoms with E-state index in [1.54, 1.807) is 23.5 Å². The Kier molecular flexibility index (Phi) is 6.69. The quantitative estimate of drug-likeness (QED) is 0.663. The maximum Gasteiger partial charge on any atom is 0.287 e.